The van der Waals surface area contributed by atoms with E-state index in [-0.39, 0.29) is 5.91 Å². The molecule has 0 unspecified atom stereocenters. The topological polar surface area (TPSA) is 72.7 Å². The van der Waals surface area contributed by atoms with E-state index in [4.69, 9.17) is 4.98 Å². The summed E-state index contributed by atoms with van der Waals surface area (Å²) >= 11 is 1.55. The molecule has 2 heterocycles. The third-order valence-corrected chi connectivity index (χ3v) is 6.19. The van der Waals surface area contributed by atoms with Crippen LogP contribution in [-0.2, 0) is 11.3 Å². The molecular formula is C25H29N5OS. The highest BCUT2D eigenvalue weighted by molar-refractivity contribution is 7.99. The van der Waals surface area contributed by atoms with Crippen molar-refractivity contribution in [1.82, 2.24) is 25.1 Å². The fraction of sp³-hybridized carbons (Fsp3) is 0.360. The fourth-order valence-corrected chi connectivity index (χ4v) is 4.43. The van der Waals surface area contributed by atoms with Crippen molar-refractivity contribution in [3.05, 3.63) is 59.7 Å². The van der Waals surface area contributed by atoms with Gasteiger partial charge in [0.25, 0.3) is 0 Å². The highest BCUT2D eigenvalue weighted by Crippen LogP contribution is 2.28. The number of hydrogen-bond acceptors (Lipinski definition) is 5. The Hall–Kier alpha value is -2.93. The van der Waals surface area contributed by atoms with Gasteiger partial charge in [-0.2, -0.15) is 0 Å². The maximum absolute atomic E-state index is 11.9. The number of benzene rings is 2. The normalized spacial score (nSPS) is 11.5. The van der Waals surface area contributed by atoms with E-state index in [0.717, 1.165) is 47.3 Å². The second-order valence-electron chi connectivity index (χ2n) is 8.51. The number of thioether (sulfide) groups is 1. The summed E-state index contributed by atoms with van der Waals surface area (Å²) in [6.07, 6.45) is 1.30. The highest BCUT2D eigenvalue weighted by atomic mass is 32.2. The molecule has 4 aromatic rings. The summed E-state index contributed by atoms with van der Waals surface area (Å²) in [6.45, 7) is 7.74. The van der Waals surface area contributed by atoms with E-state index >= 15 is 0 Å². The van der Waals surface area contributed by atoms with Crippen LogP contribution in [0.25, 0.3) is 22.1 Å². The van der Waals surface area contributed by atoms with Crippen LogP contribution in [0.2, 0.25) is 0 Å². The Bertz CT molecular complexity index is 1230. The lowest BCUT2D eigenvalue weighted by molar-refractivity contribution is -0.121. The molecule has 4 rings (SSSR count). The summed E-state index contributed by atoms with van der Waals surface area (Å²) in [7, 11) is 0. The van der Waals surface area contributed by atoms with Gasteiger partial charge < -0.3 is 9.88 Å². The molecule has 0 aliphatic carbocycles. The maximum Gasteiger partial charge on any atom is 0.220 e. The van der Waals surface area contributed by atoms with Gasteiger partial charge in [0.1, 0.15) is 5.52 Å². The number of nitrogens with one attached hydrogen (secondary N) is 1. The Morgan fingerprint density at radius 2 is 1.97 bits per heavy atom. The van der Waals surface area contributed by atoms with Crippen LogP contribution >= 0.6 is 11.8 Å². The third-order valence-electron chi connectivity index (χ3n) is 5.26. The van der Waals surface area contributed by atoms with Gasteiger partial charge in [-0.1, -0.05) is 73.6 Å². The van der Waals surface area contributed by atoms with Crippen LogP contribution in [-0.4, -0.2) is 38.0 Å². The Labute approximate surface area is 192 Å². The Balaban J connectivity index is 1.52. The lowest BCUT2D eigenvalue weighted by Gasteiger charge is -2.08. The molecule has 1 amide bonds. The Morgan fingerprint density at radius 1 is 1.12 bits per heavy atom. The first-order chi connectivity index (χ1) is 15.5. The van der Waals surface area contributed by atoms with Gasteiger partial charge in [-0.3, -0.25) is 4.79 Å². The number of amides is 1. The Kier molecular flexibility index (Phi) is 7.05. The molecule has 1 N–H and O–H groups in total. The first kappa shape index (κ1) is 22.3. The molecule has 0 radical (unpaired) electrons. The number of hydrogen-bond donors (Lipinski definition) is 1. The van der Waals surface area contributed by atoms with Gasteiger partial charge in [0.15, 0.2) is 5.65 Å². The zero-order chi connectivity index (χ0) is 22.5. The smallest absolute Gasteiger partial charge is 0.220 e. The zero-order valence-electron chi connectivity index (χ0n) is 18.8. The van der Waals surface area contributed by atoms with Gasteiger partial charge in [-0.15, -0.1) is 10.2 Å². The summed E-state index contributed by atoms with van der Waals surface area (Å²) in [5.41, 5.74) is 5.25. The van der Waals surface area contributed by atoms with E-state index < -0.39 is 0 Å². The molecule has 0 aliphatic rings. The molecule has 0 aliphatic heterocycles. The van der Waals surface area contributed by atoms with E-state index in [9.17, 15) is 4.79 Å². The molecule has 0 bridgehead atoms. The molecular weight excluding hydrogens is 418 g/mol. The lowest BCUT2D eigenvalue weighted by Crippen LogP contribution is -2.27. The Morgan fingerprint density at radius 3 is 2.78 bits per heavy atom. The average Bonchev–Trinajstić information content (AvgIpc) is 3.08. The average molecular weight is 448 g/mol. The summed E-state index contributed by atoms with van der Waals surface area (Å²) in [6, 6.07) is 16.8. The lowest BCUT2D eigenvalue weighted by atomic mass is 10.1. The summed E-state index contributed by atoms with van der Waals surface area (Å²) in [4.78, 5) is 16.8. The molecule has 166 valence electrons. The van der Waals surface area contributed by atoms with E-state index in [2.05, 4.69) is 77.3 Å². The summed E-state index contributed by atoms with van der Waals surface area (Å²) in [5, 5.41) is 13.5. The van der Waals surface area contributed by atoms with E-state index in [1.54, 1.807) is 11.8 Å². The van der Waals surface area contributed by atoms with Crippen LogP contribution in [0.5, 0.6) is 0 Å². The third kappa shape index (κ3) is 5.27. The predicted octanol–water partition coefficient (Wildman–Crippen LogP) is 4.98. The quantitative estimate of drug-likeness (QED) is 0.289. The number of fused-ring (bicyclic) bond motifs is 3. The first-order valence-electron chi connectivity index (χ1n) is 11.1. The van der Waals surface area contributed by atoms with Crippen LogP contribution in [0, 0.1) is 12.8 Å². The van der Waals surface area contributed by atoms with Crippen LogP contribution in [0.4, 0.5) is 0 Å². The van der Waals surface area contributed by atoms with Crippen molar-refractivity contribution in [1.29, 1.82) is 0 Å². The second-order valence-corrected chi connectivity index (χ2v) is 9.57. The number of aromatic nitrogens is 4. The SMILES string of the molecule is Cc1cccc(Cn2c3ccccc3c3nnc(SCCCC(=O)NCC(C)C)nc32)c1. The van der Waals surface area contributed by atoms with E-state index in [0.29, 0.717) is 17.5 Å². The standard InChI is InChI=1S/C25H29N5OS/c1-17(2)15-26-22(31)12-7-13-32-25-27-24-23(28-29-25)20-10-4-5-11-21(20)30(24)16-19-9-6-8-18(3)14-19/h4-6,8-11,14,17H,7,12-13,15-16H2,1-3H3,(H,26,31). The van der Waals surface area contributed by atoms with Crippen molar-refractivity contribution in [3.63, 3.8) is 0 Å². The zero-order valence-corrected chi connectivity index (χ0v) is 19.7. The molecule has 0 saturated heterocycles. The summed E-state index contributed by atoms with van der Waals surface area (Å²) < 4.78 is 2.22. The van der Waals surface area contributed by atoms with Crippen molar-refractivity contribution in [2.45, 2.75) is 45.3 Å². The van der Waals surface area contributed by atoms with Crippen molar-refractivity contribution in [2.24, 2.45) is 5.92 Å². The van der Waals surface area contributed by atoms with Gasteiger partial charge in [-0.25, -0.2) is 4.98 Å². The molecule has 2 aromatic heterocycles. The molecule has 6 nitrogen and oxygen atoms in total. The number of para-hydroxylation sites is 1. The maximum atomic E-state index is 11.9. The van der Waals surface area contributed by atoms with Gasteiger partial charge in [0.2, 0.25) is 11.1 Å². The van der Waals surface area contributed by atoms with E-state index in [1.807, 2.05) is 12.1 Å². The molecule has 0 fully saturated rings. The van der Waals surface area contributed by atoms with Crippen molar-refractivity contribution >= 4 is 39.7 Å². The number of carbonyl (C=O) groups is 1. The van der Waals surface area contributed by atoms with Crippen LogP contribution in [0.15, 0.2) is 53.7 Å². The molecule has 0 spiro atoms. The summed E-state index contributed by atoms with van der Waals surface area (Å²) in [5.74, 6) is 1.35. The molecule has 0 saturated carbocycles. The van der Waals surface area contributed by atoms with Crippen LogP contribution in [0.1, 0.15) is 37.8 Å². The molecule has 7 heteroatoms. The van der Waals surface area contributed by atoms with Crippen LogP contribution in [0.3, 0.4) is 0 Å². The van der Waals surface area contributed by atoms with E-state index in [1.165, 1.54) is 11.1 Å². The second kappa shape index (κ2) is 10.1. The molecule has 0 atom stereocenters. The molecule has 2 aromatic carbocycles. The number of nitrogens with zero attached hydrogens (tertiary/aromatic N) is 4. The predicted molar refractivity (Wildman–Crippen MR) is 131 cm³/mol. The van der Waals surface area contributed by atoms with Crippen LogP contribution < -0.4 is 5.32 Å². The largest absolute Gasteiger partial charge is 0.356 e. The minimum Gasteiger partial charge on any atom is -0.356 e. The number of rotatable bonds is 9. The minimum absolute atomic E-state index is 0.104. The fourth-order valence-electron chi connectivity index (χ4n) is 3.71. The van der Waals surface area contributed by atoms with Crippen molar-refractivity contribution < 1.29 is 4.79 Å². The van der Waals surface area contributed by atoms with Gasteiger partial charge in [0.05, 0.1) is 5.52 Å². The minimum atomic E-state index is 0.104. The number of aryl methyl sites for hydroxylation is 1. The van der Waals surface area contributed by atoms with Crippen molar-refractivity contribution in [2.75, 3.05) is 12.3 Å². The molecule has 32 heavy (non-hydrogen) atoms. The first-order valence-corrected chi connectivity index (χ1v) is 12.1. The van der Waals surface area contributed by atoms with Gasteiger partial charge in [0, 0.05) is 30.6 Å². The van der Waals surface area contributed by atoms with Gasteiger partial charge >= 0.3 is 0 Å². The van der Waals surface area contributed by atoms with Crippen molar-refractivity contribution in [3.8, 4) is 0 Å². The van der Waals surface area contributed by atoms with Gasteiger partial charge in [-0.05, 0) is 30.9 Å². The highest BCUT2D eigenvalue weighted by Gasteiger charge is 2.15. The number of carbonyl (C=O) groups excluding carboxylic acids is 1. The monoisotopic (exact) mass is 447 g/mol.